The van der Waals surface area contributed by atoms with E-state index in [0.29, 0.717) is 6.04 Å². The predicted octanol–water partition coefficient (Wildman–Crippen LogP) is 5.36. The molecule has 0 heterocycles. The Kier molecular flexibility index (Phi) is 7.91. The van der Waals surface area contributed by atoms with E-state index in [-0.39, 0.29) is 0 Å². The van der Waals surface area contributed by atoms with Crippen molar-refractivity contribution < 1.29 is 0 Å². The standard InChI is InChI=1S/C19H33N/c1-6-11-20-19(13-16(5)7-2)18-10-8-9-17(14-18)12-15(3)4/h8-10,14-16,19-20H,6-7,11-13H2,1-5H3. The number of rotatable bonds is 9. The predicted molar refractivity (Wildman–Crippen MR) is 90.1 cm³/mol. The summed E-state index contributed by atoms with van der Waals surface area (Å²) in [7, 11) is 0. The van der Waals surface area contributed by atoms with Gasteiger partial charge in [0.2, 0.25) is 0 Å². The first-order valence-electron chi connectivity index (χ1n) is 8.39. The lowest BCUT2D eigenvalue weighted by atomic mass is 9.92. The van der Waals surface area contributed by atoms with Gasteiger partial charge in [-0.2, -0.15) is 0 Å². The molecule has 1 aromatic rings. The third-order valence-corrected chi connectivity index (χ3v) is 3.97. The van der Waals surface area contributed by atoms with Gasteiger partial charge in [0.05, 0.1) is 0 Å². The highest BCUT2D eigenvalue weighted by Crippen LogP contribution is 2.24. The molecular weight excluding hydrogens is 242 g/mol. The fourth-order valence-corrected chi connectivity index (χ4v) is 2.63. The van der Waals surface area contributed by atoms with Crippen LogP contribution in [0.15, 0.2) is 24.3 Å². The molecule has 2 unspecified atom stereocenters. The summed E-state index contributed by atoms with van der Waals surface area (Å²) in [5.74, 6) is 1.50. The summed E-state index contributed by atoms with van der Waals surface area (Å²) in [6.07, 6.45) is 4.87. The van der Waals surface area contributed by atoms with E-state index in [1.165, 1.54) is 36.8 Å². The minimum Gasteiger partial charge on any atom is -0.310 e. The summed E-state index contributed by atoms with van der Waals surface area (Å²) < 4.78 is 0. The molecule has 1 rings (SSSR count). The van der Waals surface area contributed by atoms with Crippen LogP contribution in [-0.2, 0) is 6.42 Å². The van der Waals surface area contributed by atoms with Gasteiger partial charge in [0, 0.05) is 6.04 Å². The Morgan fingerprint density at radius 3 is 2.45 bits per heavy atom. The Bertz CT molecular complexity index is 370. The highest BCUT2D eigenvalue weighted by atomic mass is 14.9. The summed E-state index contributed by atoms with van der Waals surface area (Å²) in [5.41, 5.74) is 2.95. The number of benzene rings is 1. The van der Waals surface area contributed by atoms with Crippen LogP contribution in [0.2, 0.25) is 0 Å². The first kappa shape index (κ1) is 17.2. The van der Waals surface area contributed by atoms with E-state index in [9.17, 15) is 0 Å². The van der Waals surface area contributed by atoms with Gasteiger partial charge in [0.15, 0.2) is 0 Å². The van der Waals surface area contributed by atoms with Crippen molar-refractivity contribution in [1.29, 1.82) is 0 Å². The first-order valence-corrected chi connectivity index (χ1v) is 8.39. The molecule has 20 heavy (non-hydrogen) atoms. The average Bonchev–Trinajstić information content (AvgIpc) is 2.42. The van der Waals surface area contributed by atoms with Crippen LogP contribution in [0.25, 0.3) is 0 Å². The number of hydrogen-bond donors (Lipinski definition) is 1. The maximum Gasteiger partial charge on any atom is 0.0322 e. The Morgan fingerprint density at radius 1 is 1.10 bits per heavy atom. The van der Waals surface area contributed by atoms with Gasteiger partial charge >= 0.3 is 0 Å². The van der Waals surface area contributed by atoms with Gasteiger partial charge in [-0.25, -0.2) is 0 Å². The number of hydrogen-bond acceptors (Lipinski definition) is 1. The fraction of sp³-hybridized carbons (Fsp3) is 0.684. The lowest BCUT2D eigenvalue weighted by Gasteiger charge is -2.23. The Labute approximate surface area is 126 Å². The molecule has 1 heteroatoms. The largest absolute Gasteiger partial charge is 0.310 e. The molecule has 0 fully saturated rings. The molecule has 0 aliphatic carbocycles. The molecule has 1 N–H and O–H groups in total. The molecular formula is C19H33N. The zero-order valence-electron chi connectivity index (χ0n) is 14.1. The van der Waals surface area contributed by atoms with Crippen LogP contribution >= 0.6 is 0 Å². The average molecular weight is 275 g/mol. The lowest BCUT2D eigenvalue weighted by molar-refractivity contribution is 0.402. The molecule has 1 aromatic carbocycles. The Hall–Kier alpha value is -0.820. The van der Waals surface area contributed by atoms with E-state index < -0.39 is 0 Å². The number of nitrogens with one attached hydrogen (secondary N) is 1. The topological polar surface area (TPSA) is 12.0 Å². The summed E-state index contributed by atoms with van der Waals surface area (Å²) >= 11 is 0. The monoisotopic (exact) mass is 275 g/mol. The van der Waals surface area contributed by atoms with Crippen LogP contribution in [0, 0.1) is 11.8 Å². The summed E-state index contributed by atoms with van der Waals surface area (Å²) in [6.45, 7) is 12.6. The van der Waals surface area contributed by atoms with E-state index in [4.69, 9.17) is 0 Å². The summed E-state index contributed by atoms with van der Waals surface area (Å²) in [4.78, 5) is 0. The SMILES string of the molecule is CCCNC(CC(C)CC)c1cccc(CC(C)C)c1. The van der Waals surface area contributed by atoms with Gasteiger partial charge in [-0.1, -0.05) is 65.3 Å². The highest BCUT2D eigenvalue weighted by molar-refractivity contribution is 5.26. The third kappa shape index (κ3) is 6.09. The molecule has 0 bridgehead atoms. The van der Waals surface area contributed by atoms with Crippen molar-refractivity contribution in [2.24, 2.45) is 11.8 Å². The van der Waals surface area contributed by atoms with E-state index >= 15 is 0 Å². The van der Waals surface area contributed by atoms with Gasteiger partial charge in [0.1, 0.15) is 0 Å². The Balaban J connectivity index is 2.82. The van der Waals surface area contributed by atoms with E-state index in [1.54, 1.807) is 0 Å². The van der Waals surface area contributed by atoms with Crippen molar-refractivity contribution in [2.45, 2.75) is 66.3 Å². The molecule has 0 radical (unpaired) electrons. The van der Waals surface area contributed by atoms with Gasteiger partial charge in [0.25, 0.3) is 0 Å². The van der Waals surface area contributed by atoms with Gasteiger partial charge in [-0.3, -0.25) is 0 Å². The zero-order valence-corrected chi connectivity index (χ0v) is 14.1. The summed E-state index contributed by atoms with van der Waals surface area (Å²) in [5, 5.41) is 3.73. The van der Waals surface area contributed by atoms with Gasteiger partial charge in [-0.05, 0) is 48.8 Å². The van der Waals surface area contributed by atoms with E-state index in [1.807, 2.05) is 0 Å². The fourth-order valence-electron chi connectivity index (χ4n) is 2.63. The highest BCUT2D eigenvalue weighted by Gasteiger charge is 2.14. The first-order chi connectivity index (χ1) is 9.56. The molecule has 1 nitrogen and oxygen atoms in total. The normalized spacial score (nSPS) is 14.5. The van der Waals surface area contributed by atoms with Crippen LogP contribution in [-0.4, -0.2) is 6.54 Å². The van der Waals surface area contributed by atoms with E-state index in [0.717, 1.165) is 18.4 Å². The summed E-state index contributed by atoms with van der Waals surface area (Å²) in [6, 6.07) is 9.71. The minimum absolute atomic E-state index is 0.511. The molecule has 0 amide bonds. The Morgan fingerprint density at radius 2 is 1.85 bits per heavy atom. The minimum atomic E-state index is 0.511. The van der Waals surface area contributed by atoms with Gasteiger partial charge in [-0.15, -0.1) is 0 Å². The molecule has 2 atom stereocenters. The van der Waals surface area contributed by atoms with Crippen LogP contribution in [0.1, 0.15) is 71.0 Å². The van der Waals surface area contributed by atoms with Gasteiger partial charge < -0.3 is 5.32 Å². The molecule has 114 valence electrons. The molecule has 0 aromatic heterocycles. The van der Waals surface area contributed by atoms with Crippen molar-refractivity contribution in [3.63, 3.8) is 0 Å². The van der Waals surface area contributed by atoms with Crippen molar-refractivity contribution >= 4 is 0 Å². The zero-order chi connectivity index (χ0) is 15.0. The molecule has 0 spiro atoms. The molecule has 0 aliphatic heterocycles. The van der Waals surface area contributed by atoms with Crippen LogP contribution in [0.3, 0.4) is 0 Å². The second kappa shape index (κ2) is 9.18. The molecule has 0 aliphatic rings. The van der Waals surface area contributed by atoms with Crippen molar-refractivity contribution in [1.82, 2.24) is 5.32 Å². The molecule has 0 saturated heterocycles. The van der Waals surface area contributed by atoms with Crippen molar-refractivity contribution in [3.05, 3.63) is 35.4 Å². The second-order valence-corrected chi connectivity index (χ2v) is 6.60. The quantitative estimate of drug-likeness (QED) is 0.639. The van der Waals surface area contributed by atoms with Crippen molar-refractivity contribution in [3.8, 4) is 0 Å². The maximum atomic E-state index is 3.73. The smallest absolute Gasteiger partial charge is 0.0322 e. The third-order valence-electron chi connectivity index (χ3n) is 3.97. The van der Waals surface area contributed by atoms with Crippen LogP contribution < -0.4 is 5.32 Å². The van der Waals surface area contributed by atoms with Crippen molar-refractivity contribution in [2.75, 3.05) is 6.54 Å². The van der Waals surface area contributed by atoms with Crippen LogP contribution in [0.5, 0.6) is 0 Å². The molecule has 0 saturated carbocycles. The second-order valence-electron chi connectivity index (χ2n) is 6.60. The van der Waals surface area contributed by atoms with Crippen LogP contribution in [0.4, 0.5) is 0 Å². The maximum absolute atomic E-state index is 3.73. The van der Waals surface area contributed by atoms with E-state index in [2.05, 4.69) is 64.2 Å². The lowest BCUT2D eigenvalue weighted by Crippen LogP contribution is -2.24.